The fourth-order valence-corrected chi connectivity index (χ4v) is 2.71. The van der Waals surface area contributed by atoms with E-state index < -0.39 is 0 Å². The minimum absolute atomic E-state index is 0.591. The summed E-state index contributed by atoms with van der Waals surface area (Å²) in [5.41, 5.74) is 2.64. The van der Waals surface area contributed by atoms with Crippen LogP contribution in [-0.4, -0.2) is 19.6 Å². The van der Waals surface area contributed by atoms with Crippen molar-refractivity contribution < 1.29 is 0 Å². The molecule has 0 aliphatic heterocycles. The third kappa shape index (κ3) is 4.81. The van der Waals surface area contributed by atoms with E-state index in [4.69, 9.17) is 0 Å². The monoisotopic (exact) mass is 326 g/mol. The molecule has 108 valence electrons. The molecule has 0 radical (unpaired) electrons. The SMILES string of the molecule is CCCCN(c1ccc(CNC)c(Br)c1)C(C)CC. The van der Waals surface area contributed by atoms with Crippen LogP contribution in [0.2, 0.25) is 0 Å². The van der Waals surface area contributed by atoms with Crippen LogP contribution in [0.25, 0.3) is 0 Å². The van der Waals surface area contributed by atoms with Crippen LogP contribution < -0.4 is 10.2 Å². The van der Waals surface area contributed by atoms with Crippen molar-refractivity contribution in [3.05, 3.63) is 28.2 Å². The summed E-state index contributed by atoms with van der Waals surface area (Å²) in [4.78, 5) is 2.53. The summed E-state index contributed by atoms with van der Waals surface area (Å²) in [6.07, 6.45) is 3.67. The van der Waals surface area contributed by atoms with E-state index in [2.05, 4.69) is 65.1 Å². The normalized spacial score (nSPS) is 12.5. The molecule has 0 bridgehead atoms. The van der Waals surface area contributed by atoms with Gasteiger partial charge in [0.25, 0.3) is 0 Å². The molecule has 1 aromatic carbocycles. The van der Waals surface area contributed by atoms with Crippen LogP contribution in [0.4, 0.5) is 5.69 Å². The highest BCUT2D eigenvalue weighted by Crippen LogP contribution is 2.26. The first-order valence-corrected chi connectivity index (χ1v) is 8.12. The van der Waals surface area contributed by atoms with Gasteiger partial charge < -0.3 is 10.2 Å². The summed E-state index contributed by atoms with van der Waals surface area (Å²) in [6.45, 7) is 8.86. The van der Waals surface area contributed by atoms with Gasteiger partial charge in [-0.3, -0.25) is 0 Å². The molecule has 0 saturated heterocycles. The fraction of sp³-hybridized carbons (Fsp3) is 0.625. The third-order valence-corrected chi connectivity index (χ3v) is 4.35. The van der Waals surface area contributed by atoms with Gasteiger partial charge in [-0.1, -0.05) is 42.3 Å². The van der Waals surface area contributed by atoms with Crippen molar-refractivity contribution in [2.75, 3.05) is 18.5 Å². The number of unbranched alkanes of at least 4 members (excludes halogenated alkanes) is 1. The number of nitrogens with zero attached hydrogens (tertiary/aromatic N) is 1. The lowest BCUT2D eigenvalue weighted by atomic mass is 10.1. The van der Waals surface area contributed by atoms with Gasteiger partial charge in [0.2, 0.25) is 0 Å². The van der Waals surface area contributed by atoms with Crippen LogP contribution in [0, 0.1) is 0 Å². The summed E-state index contributed by atoms with van der Waals surface area (Å²) < 4.78 is 1.20. The maximum atomic E-state index is 3.69. The molecule has 3 heteroatoms. The van der Waals surface area contributed by atoms with Gasteiger partial charge >= 0.3 is 0 Å². The Bertz CT molecular complexity index is 379. The predicted molar refractivity (Wildman–Crippen MR) is 88.9 cm³/mol. The van der Waals surface area contributed by atoms with E-state index in [1.165, 1.54) is 35.0 Å². The molecule has 1 aromatic rings. The van der Waals surface area contributed by atoms with Crippen LogP contribution in [-0.2, 0) is 6.54 Å². The molecular formula is C16H27BrN2. The topological polar surface area (TPSA) is 15.3 Å². The molecule has 1 atom stereocenters. The second-order valence-corrected chi connectivity index (χ2v) is 5.96. The van der Waals surface area contributed by atoms with E-state index in [9.17, 15) is 0 Å². The molecule has 0 fully saturated rings. The summed E-state index contributed by atoms with van der Waals surface area (Å²) in [7, 11) is 1.98. The number of rotatable bonds is 8. The lowest BCUT2D eigenvalue weighted by molar-refractivity contribution is 0.595. The van der Waals surface area contributed by atoms with Gasteiger partial charge in [-0.05, 0) is 44.5 Å². The first-order chi connectivity index (χ1) is 9.13. The van der Waals surface area contributed by atoms with Crippen LogP contribution in [0.5, 0.6) is 0 Å². The van der Waals surface area contributed by atoms with Crippen LogP contribution in [0.3, 0.4) is 0 Å². The second kappa shape index (κ2) is 8.60. The molecule has 1 N–H and O–H groups in total. The molecule has 1 unspecified atom stereocenters. The van der Waals surface area contributed by atoms with Crippen molar-refractivity contribution in [1.29, 1.82) is 0 Å². The minimum Gasteiger partial charge on any atom is -0.369 e. The Morgan fingerprint density at radius 2 is 2.05 bits per heavy atom. The number of anilines is 1. The van der Waals surface area contributed by atoms with E-state index in [1.807, 2.05) is 7.05 Å². The number of benzene rings is 1. The van der Waals surface area contributed by atoms with E-state index in [-0.39, 0.29) is 0 Å². The average Bonchev–Trinajstić information content (AvgIpc) is 2.41. The Hall–Kier alpha value is -0.540. The predicted octanol–water partition coefficient (Wildman–Crippen LogP) is 4.57. The second-order valence-electron chi connectivity index (χ2n) is 5.11. The molecule has 0 aromatic heterocycles. The number of hydrogen-bond acceptors (Lipinski definition) is 2. The zero-order chi connectivity index (χ0) is 14.3. The quantitative estimate of drug-likeness (QED) is 0.752. The van der Waals surface area contributed by atoms with Crippen molar-refractivity contribution in [2.45, 2.75) is 52.6 Å². The number of nitrogens with one attached hydrogen (secondary N) is 1. The highest BCUT2D eigenvalue weighted by Gasteiger charge is 2.13. The lowest BCUT2D eigenvalue weighted by Gasteiger charge is -2.31. The average molecular weight is 327 g/mol. The number of halogens is 1. The molecule has 0 aliphatic rings. The largest absolute Gasteiger partial charge is 0.369 e. The molecule has 1 rings (SSSR count). The molecule has 0 heterocycles. The van der Waals surface area contributed by atoms with Gasteiger partial charge in [-0.15, -0.1) is 0 Å². The van der Waals surface area contributed by atoms with Crippen molar-refractivity contribution in [2.24, 2.45) is 0 Å². The van der Waals surface area contributed by atoms with Crippen LogP contribution >= 0.6 is 15.9 Å². The molecule has 0 aliphatic carbocycles. The summed E-state index contributed by atoms with van der Waals surface area (Å²) >= 11 is 3.69. The summed E-state index contributed by atoms with van der Waals surface area (Å²) in [6, 6.07) is 7.32. The Morgan fingerprint density at radius 3 is 2.58 bits per heavy atom. The summed E-state index contributed by atoms with van der Waals surface area (Å²) in [5, 5.41) is 3.20. The van der Waals surface area contributed by atoms with Gasteiger partial charge in [-0.2, -0.15) is 0 Å². The van der Waals surface area contributed by atoms with Gasteiger partial charge in [0.1, 0.15) is 0 Å². The van der Waals surface area contributed by atoms with Gasteiger partial charge in [0.05, 0.1) is 0 Å². The van der Waals surface area contributed by atoms with Crippen LogP contribution in [0.15, 0.2) is 22.7 Å². The van der Waals surface area contributed by atoms with Crippen molar-refractivity contribution in [3.8, 4) is 0 Å². The lowest BCUT2D eigenvalue weighted by Crippen LogP contribution is -2.33. The highest BCUT2D eigenvalue weighted by molar-refractivity contribution is 9.10. The van der Waals surface area contributed by atoms with Gasteiger partial charge in [0, 0.05) is 29.3 Å². The molecule has 0 amide bonds. The molecule has 0 saturated carbocycles. The zero-order valence-corrected chi connectivity index (χ0v) is 14.3. The minimum atomic E-state index is 0.591. The molecule has 2 nitrogen and oxygen atoms in total. The van der Waals surface area contributed by atoms with Crippen molar-refractivity contribution in [1.82, 2.24) is 5.32 Å². The standard InChI is InChI=1S/C16H27BrN2/c1-5-7-10-19(13(3)6-2)15-9-8-14(12-18-4)16(17)11-15/h8-9,11,13,18H,5-7,10,12H2,1-4H3. The van der Waals surface area contributed by atoms with E-state index in [0.717, 1.165) is 13.1 Å². The zero-order valence-electron chi connectivity index (χ0n) is 12.7. The van der Waals surface area contributed by atoms with E-state index in [0.29, 0.717) is 6.04 Å². The Balaban J connectivity index is 2.92. The number of hydrogen-bond donors (Lipinski definition) is 1. The Labute approximate surface area is 126 Å². The maximum absolute atomic E-state index is 3.69. The van der Waals surface area contributed by atoms with Crippen LogP contribution in [0.1, 0.15) is 45.6 Å². The Morgan fingerprint density at radius 1 is 1.32 bits per heavy atom. The highest BCUT2D eigenvalue weighted by atomic mass is 79.9. The maximum Gasteiger partial charge on any atom is 0.0380 e. The van der Waals surface area contributed by atoms with Gasteiger partial charge in [-0.25, -0.2) is 0 Å². The van der Waals surface area contributed by atoms with Crippen molar-refractivity contribution in [3.63, 3.8) is 0 Å². The molecular weight excluding hydrogens is 300 g/mol. The van der Waals surface area contributed by atoms with Crippen molar-refractivity contribution >= 4 is 21.6 Å². The van der Waals surface area contributed by atoms with E-state index >= 15 is 0 Å². The smallest absolute Gasteiger partial charge is 0.0380 e. The first kappa shape index (κ1) is 16.5. The first-order valence-electron chi connectivity index (χ1n) is 7.33. The van der Waals surface area contributed by atoms with E-state index in [1.54, 1.807) is 0 Å². The summed E-state index contributed by atoms with van der Waals surface area (Å²) in [5.74, 6) is 0. The molecule has 0 spiro atoms. The fourth-order valence-electron chi connectivity index (χ4n) is 2.20. The Kier molecular flexibility index (Phi) is 7.47. The third-order valence-electron chi connectivity index (χ3n) is 3.61. The molecule has 19 heavy (non-hydrogen) atoms. The van der Waals surface area contributed by atoms with Gasteiger partial charge in [0.15, 0.2) is 0 Å².